The van der Waals surface area contributed by atoms with E-state index < -0.39 is 0 Å². The third kappa shape index (κ3) is 2.88. The number of aliphatic hydroxyl groups is 1. The number of aromatic amines is 1. The second-order valence-electron chi connectivity index (χ2n) is 4.59. The molecule has 1 aromatic heterocycles. The van der Waals surface area contributed by atoms with Crippen molar-refractivity contribution in [1.29, 1.82) is 0 Å². The number of nitrogens with one attached hydrogen (secondary N) is 2. The van der Waals surface area contributed by atoms with Gasteiger partial charge in [0, 0.05) is 18.0 Å². The molecule has 0 aliphatic carbocycles. The topological polar surface area (TPSA) is 91.1 Å². The van der Waals surface area contributed by atoms with Crippen LogP contribution in [0.5, 0.6) is 0 Å². The Kier molecular flexibility index (Phi) is 4.06. The molecule has 1 atom stereocenters. The van der Waals surface area contributed by atoms with Crippen molar-refractivity contribution in [3.8, 4) is 0 Å². The van der Waals surface area contributed by atoms with E-state index >= 15 is 0 Å². The van der Waals surface area contributed by atoms with E-state index in [-0.39, 0.29) is 18.6 Å². The summed E-state index contributed by atoms with van der Waals surface area (Å²) in [4.78, 5) is 15.1. The molecule has 5 nitrogen and oxygen atoms in total. The highest BCUT2D eigenvalue weighted by atomic mass is 16.3. The largest absolute Gasteiger partial charge is 0.397 e. The van der Waals surface area contributed by atoms with Gasteiger partial charge in [-0.25, -0.2) is 0 Å². The zero-order valence-electron chi connectivity index (χ0n) is 10.9. The summed E-state index contributed by atoms with van der Waals surface area (Å²) >= 11 is 0. The number of H-pyrrole nitrogens is 1. The van der Waals surface area contributed by atoms with Gasteiger partial charge in [0.15, 0.2) is 0 Å². The molecule has 1 unspecified atom stereocenters. The number of fused-ring (bicyclic) bond motifs is 1. The van der Waals surface area contributed by atoms with Crippen LogP contribution in [0.1, 0.15) is 30.3 Å². The van der Waals surface area contributed by atoms with E-state index in [0.717, 1.165) is 17.3 Å². The summed E-state index contributed by atoms with van der Waals surface area (Å²) in [6, 6.07) is 7.33. The Balaban J connectivity index is 2.19. The Morgan fingerprint density at radius 2 is 2.32 bits per heavy atom. The number of carbonyl (C=O) groups is 1. The number of anilines is 1. The van der Waals surface area contributed by atoms with Crippen molar-refractivity contribution in [3.05, 3.63) is 30.0 Å². The summed E-state index contributed by atoms with van der Waals surface area (Å²) in [7, 11) is 0. The van der Waals surface area contributed by atoms with Gasteiger partial charge in [0.05, 0.1) is 11.2 Å². The molecule has 1 aromatic carbocycles. The van der Waals surface area contributed by atoms with E-state index in [0.29, 0.717) is 17.8 Å². The predicted molar refractivity (Wildman–Crippen MR) is 76.0 cm³/mol. The fourth-order valence-electron chi connectivity index (χ4n) is 2.10. The smallest absolute Gasteiger partial charge is 0.267 e. The number of hydrogen-bond donors (Lipinski definition) is 4. The molecule has 102 valence electrons. The van der Waals surface area contributed by atoms with E-state index in [1.165, 1.54) is 0 Å². The first-order valence-corrected chi connectivity index (χ1v) is 6.44. The fraction of sp³-hybridized carbons (Fsp3) is 0.357. The fourth-order valence-corrected chi connectivity index (χ4v) is 2.10. The van der Waals surface area contributed by atoms with Crippen molar-refractivity contribution in [1.82, 2.24) is 10.3 Å². The molecule has 1 heterocycles. The monoisotopic (exact) mass is 261 g/mol. The third-order valence-corrected chi connectivity index (χ3v) is 3.24. The zero-order valence-corrected chi connectivity index (χ0v) is 10.9. The Labute approximate surface area is 111 Å². The number of benzene rings is 1. The highest BCUT2D eigenvalue weighted by molar-refractivity contribution is 6.00. The minimum atomic E-state index is -0.170. The van der Waals surface area contributed by atoms with Crippen molar-refractivity contribution >= 4 is 22.5 Å². The molecule has 0 saturated heterocycles. The summed E-state index contributed by atoms with van der Waals surface area (Å²) in [5.74, 6) is -0.170. The van der Waals surface area contributed by atoms with Crippen LogP contribution in [-0.4, -0.2) is 28.6 Å². The lowest BCUT2D eigenvalue weighted by atomic mass is 10.1. The van der Waals surface area contributed by atoms with Gasteiger partial charge in [-0.15, -0.1) is 0 Å². The van der Waals surface area contributed by atoms with E-state index in [1.54, 1.807) is 12.1 Å². The lowest BCUT2D eigenvalue weighted by Gasteiger charge is -2.14. The molecule has 2 aromatic rings. The van der Waals surface area contributed by atoms with E-state index in [2.05, 4.69) is 10.3 Å². The number of aromatic nitrogens is 1. The van der Waals surface area contributed by atoms with Crippen LogP contribution in [0, 0.1) is 0 Å². The van der Waals surface area contributed by atoms with Crippen molar-refractivity contribution in [2.24, 2.45) is 0 Å². The molecule has 0 aliphatic heterocycles. The van der Waals surface area contributed by atoms with Crippen LogP contribution in [0.25, 0.3) is 10.9 Å². The minimum absolute atomic E-state index is 0.0127. The van der Waals surface area contributed by atoms with Crippen molar-refractivity contribution in [2.45, 2.75) is 25.8 Å². The minimum Gasteiger partial charge on any atom is -0.397 e. The number of rotatable bonds is 5. The van der Waals surface area contributed by atoms with Crippen molar-refractivity contribution in [3.63, 3.8) is 0 Å². The first kappa shape index (κ1) is 13.4. The average Bonchev–Trinajstić information content (AvgIpc) is 2.83. The highest BCUT2D eigenvalue weighted by Crippen LogP contribution is 2.21. The molecule has 5 N–H and O–H groups in total. The average molecular weight is 261 g/mol. The van der Waals surface area contributed by atoms with Crippen molar-refractivity contribution < 1.29 is 9.90 Å². The molecule has 0 fully saturated rings. The van der Waals surface area contributed by atoms with Gasteiger partial charge < -0.3 is 21.1 Å². The summed E-state index contributed by atoms with van der Waals surface area (Å²) in [6.45, 7) is 2.04. The molecule has 0 radical (unpaired) electrons. The van der Waals surface area contributed by atoms with Crippen LogP contribution in [0.15, 0.2) is 24.3 Å². The zero-order chi connectivity index (χ0) is 13.8. The molecule has 0 aliphatic rings. The Bertz CT molecular complexity index is 577. The lowest BCUT2D eigenvalue weighted by molar-refractivity contribution is 0.0925. The molecule has 0 bridgehead atoms. The first-order chi connectivity index (χ1) is 9.15. The lowest BCUT2D eigenvalue weighted by Crippen LogP contribution is -2.35. The van der Waals surface area contributed by atoms with Gasteiger partial charge in [-0.2, -0.15) is 0 Å². The van der Waals surface area contributed by atoms with Gasteiger partial charge in [-0.3, -0.25) is 4.79 Å². The number of aliphatic hydroxyl groups excluding tert-OH is 1. The first-order valence-electron chi connectivity index (χ1n) is 6.44. The standard InChI is InChI=1S/C14H19N3O2/c1-2-10(6-7-18)16-14(19)12-8-9-4-3-5-11(15)13(9)17-12/h3-5,8,10,17-18H,2,6-7,15H2,1H3,(H,16,19). The second kappa shape index (κ2) is 5.75. The summed E-state index contributed by atoms with van der Waals surface area (Å²) < 4.78 is 0. The van der Waals surface area contributed by atoms with Gasteiger partial charge in [0.2, 0.25) is 0 Å². The van der Waals surface area contributed by atoms with Crippen LogP contribution >= 0.6 is 0 Å². The molecule has 5 heteroatoms. The van der Waals surface area contributed by atoms with Gasteiger partial charge >= 0.3 is 0 Å². The number of hydrogen-bond acceptors (Lipinski definition) is 3. The predicted octanol–water partition coefficient (Wildman–Crippen LogP) is 1.64. The van der Waals surface area contributed by atoms with Gasteiger partial charge in [0.1, 0.15) is 5.69 Å². The summed E-state index contributed by atoms with van der Waals surface area (Å²) in [5.41, 5.74) is 7.74. The number of amides is 1. The van der Waals surface area contributed by atoms with E-state index in [1.807, 2.05) is 19.1 Å². The highest BCUT2D eigenvalue weighted by Gasteiger charge is 2.14. The summed E-state index contributed by atoms with van der Waals surface area (Å²) in [5, 5.41) is 12.7. The van der Waals surface area contributed by atoms with Crippen LogP contribution in [-0.2, 0) is 0 Å². The molecular formula is C14H19N3O2. The molecule has 0 saturated carbocycles. The quantitative estimate of drug-likeness (QED) is 0.617. The third-order valence-electron chi connectivity index (χ3n) is 3.24. The van der Waals surface area contributed by atoms with Gasteiger partial charge in [0.25, 0.3) is 5.91 Å². The van der Waals surface area contributed by atoms with Crippen LogP contribution in [0.4, 0.5) is 5.69 Å². The SMILES string of the molecule is CCC(CCO)NC(=O)c1cc2cccc(N)c2[nH]1. The van der Waals surface area contributed by atoms with E-state index in [4.69, 9.17) is 10.8 Å². The van der Waals surface area contributed by atoms with Crippen molar-refractivity contribution in [2.75, 3.05) is 12.3 Å². The molecule has 2 rings (SSSR count). The Morgan fingerprint density at radius 1 is 1.53 bits per heavy atom. The van der Waals surface area contributed by atoms with Crippen LogP contribution in [0.3, 0.4) is 0 Å². The molecule has 0 spiro atoms. The second-order valence-corrected chi connectivity index (χ2v) is 4.59. The maximum Gasteiger partial charge on any atom is 0.267 e. The number of para-hydroxylation sites is 1. The number of nitrogen functional groups attached to an aromatic ring is 1. The number of nitrogens with two attached hydrogens (primary N) is 1. The Hall–Kier alpha value is -2.01. The van der Waals surface area contributed by atoms with Gasteiger partial charge in [-0.05, 0) is 25.0 Å². The van der Waals surface area contributed by atoms with Gasteiger partial charge in [-0.1, -0.05) is 19.1 Å². The molecule has 19 heavy (non-hydrogen) atoms. The Morgan fingerprint density at radius 3 is 2.95 bits per heavy atom. The maximum absolute atomic E-state index is 12.1. The summed E-state index contributed by atoms with van der Waals surface area (Å²) in [6.07, 6.45) is 1.35. The molecule has 1 amide bonds. The van der Waals surface area contributed by atoms with E-state index in [9.17, 15) is 4.79 Å². The van der Waals surface area contributed by atoms with Crippen LogP contribution < -0.4 is 11.1 Å². The molecular weight excluding hydrogens is 242 g/mol. The maximum atomic E-state index is 12.1. The number of carbonyl (C=O) groups excluding carboxylic acids is 1. The normalized spacial score (nSPS) is 12.5. The van der Waals surface area contributed by atoms with Crippen LogP contribution in [0.2, 0.25) is 0 Å².